The summed E-state index contributed by atoms with van der Waals surface area (Å²) < 4.78 is 56.8. The van der Waals surface area contributed by atoms with E-state index in [2.05, 4.69) is 0 Å². The van der Waals surface area contributed by atoms with Crippen LogP contribution in [-0.4, -0.2) is 79.9 Å². The maximum Gasteiger partial charge on any atom is 0.202 e. The molecule has 6 rings (SSSR count). The molecule has 0 spiro atoms. The molecule has 3 aliphatic heterocycles. The Morgan fingerprint density at radius 3 is 1.82 bits per heavy atom. The summed E-state index contributed by atoms with van der Waals surface area (Å²) in [6, 6.07) is 27.6. The van der Waals surface area contributed by atoms with E-state index in [4.69, 9.17) is 42.6 Å². The fourth-order valence-electron chi connectivity index (χ4n) is 6.66. The van der Waals surface area contributed by atoms with E-state index in [1.165, 1.54) is 0 Å². The SMILES string of the molecule is COc1ccc(O[C@H]2C[C@@H](OCc3ccccc3)[C@H](O[C@H]3C[C@@H](O[C@H]4CC[C@H](O)[C@H](C)O4)[C@H](OCc4ccccc4)[C@@H](C)O3)[C@@H](C)O2)cc1. The fourth-order valence-corrected chi connectivity index (χ4v) is 6.66. The van der Waals surface area contributed by atoms with E-state index in [0.29, 0.717) is 44.6 Å². The number of benzene rings is 3. The van der Waals surface area contributed by atoms with E-state index in [1.54, 1.807) is 7.11 Å². The van der Waals surface area contributed by atoms with Crippen molar-refractivity contribution in [3.05, 3.63) is 96.1 Å². The molecule has 10 heteroatoms. The van der Waals surface area contributed by atoms with Crippen molar-refractivity contribution in [2.24, 2.45) is 0 Å². The van der Waals surface area contributed by atoms with Crippen LogP contribution in [-0.2, 0) is 46.4 Å². The fraction of sp³-hybridized carbons (Fsp3) is 0.538. The highest BCUT2D eigenvalue weighted by molar-refractivity contribution is 5.31. The molecule has 3 saturated heterocycles. The van der Waals surface area contributed by atoms with Crippen LogP contribution in [0.15, 0.2) is 84.9 Å². The van der Waals surface area contributed by atoms with Crippen LogP contribution < -0.4 is 9.47 Å². The molecule has 3 aliphatic rings. The van der Waals surface area contributed by atoms with Crippen molar-refractivity contribution >= 4 is 0 Å². The largest absolute Gasteiger partial charge is 0.497 e. The Kier molecular flexibility index (Phi) is 12.6. The summed E-state index contributed by atoms with van der Waals surface area (Å²) in [7, 11) is 1.63. The molecular formula is C39H50O10. The van der Waals surface area contributed by atoms with Gasteiger partial charge in [-0.25, -0.2) is 0 Å². The van der Waals surface area contributed by atoms with Gasteiger partial charge in [0.1, 0.15) is 23.7 Å². The second-order valence-corrected chi connectivity index (χ2v) is 13.1. The van der Waals surface area contributed by atoms with Gasteiger partial charge in [0.2, 0.25) is 6.29 Å². The first-order valence-corrected chi connectivity index (χ1v) is 17.4. The summed E-state index contributed by atoms with van der Waals surface area (Å²) in [6.45, 7) is 6.66. The second-order valence-electron chi connectivity index (χ2n) is 13.1. The molecule has 0 saturated carbocycles. The molecule has 10 nitrogen and oxygen atoms in total. The number of hydrogen-bond acceptors (Lipinski definition) is 10. The first-order chi connectivity index (χ1) is 23.8. The topological polar surface area (TPSA) is 103 Å². The second kappa shape index (κ2) is 17.2. The lowest BCUT2D eigenvalue weighted by Gasteiger charge is -2.45. The molecule has 49 heavy (non-hydrogen) atoms. The van der Waals surface area contributed by atoms with Gasteiger partial charge in [-0.3, -0.25) is 0 Å². The average Bonchev–Trinajstić information content (AvgIpc) is 3.11. The number of methoxy groups -OCH3 is 1. The summed E-state index contributed by atoms with van der Waals surface area (Å²) >= 11 is 0. The van der Waals surface area contributed by atoms with Crippen LogP contribution in [0.3, 0.4) is 0 Å². The number of rotatable bonds is 13. The molecule has 11 atom stereocenters. The summed E-state index contributed by atoms with van der Waals surface area (Å²) in [5.41, 5.74) is 2.13. The minimum atomic E-state index is -0.610. The lowest BCUT2D eigenvalue weighted by molar-refractivity contribution is -0.330. The minimum Gasteiger partial charge on any atom is -0.497 e. The molecule has 0 radical (unpaired) electrons. The van der Waals surface area contributed by atoms with Crippen LogP contribution in [0.2, 0.25) is 0 Å². The highest BCUT2D eigenvalue weighted by Gasteiger charge is 2.45. The Balaban J connectivity index is 1.16. The molecule has 3 fully saturated rings. The molecule has 3 aromatic carbocycles. The normalized spacial score (nSPS) is 33.5. The standard InChI is InChI=1S/C39H50O10/c1-25-32(40)19-20-35(44-25)48-34-22-37(45-26(2)38(34)43-24-29-13-9-6-10-14-29)49-39-27(3)46-36(47-31-17-15-30(41-4)16-18-31)21-33(39)42-23-28-11-7-5-8-12-28/h5-18,25-27,32-40H,19-24H2,1-4H3/t25-,26+,27+,32-,33+,34+,35-,36-,37-,38+,39+/m0/s1. The third-order valence-corrected chi connectivity index (χ3v) is 9.40. The number of hydrogen-bond donors (Lipinski definition) is 1. The molecule has 3 aromatic rings. The Hall–Kier alpha value is -3.06. The lowest BCUT2D eigenvalue weighted by Crippen LogP contribution is -2.56. The highest BCUT2D eigenvalue weighted by Crippen LogP contribution is 2.35. The van der Waals surface area contributed by atoms with Crippen molar-refractivity contribution in [1.29, 1.82) is 0 Å². The summed E-state index contributed by atoms with van der Waals surface area (Å²) in [4.78, 5) is 0. The van der Waals surface area contributed by atoms with E-state index < -0.39 is 31.1 Å². The van der Waals surface area contributed by atoms with Gasteiger partial charge in [-0.15, -0.1) is 0 Å². The average molecular weight is 679 g/mol. The first kappa shape index (κ1) is 35.8. The smallest absolute Gasteiger partial charge is 0.202 e. The maximum atomic E-state index is 10.2. The van der Waals surface area contributed by atoms with Crippen LogP contribution in [0, 0.1) is 0 Å². The predicted octanol–water partition coefficient (Wildman–Crippen LogP) is 6.17. The molecule has 0 aromatic heterocycles. The molecule has 0 amide bonds. The van der Waals surface area contributed by atoms with Gasteiger partial charge in [-0.1, -0.05) is 60.7 Å². The molecule has 0 unspecified atom stereocenters. The Labute approximate surface area is 289 Å². The quantitative estimate of drug-likeness (QED) is 0.226. The third-order valence-electron chi connectivity index (χ3n) is 9.40. The zero-order valence-corrected chi connectivity index (χ0v) is 28.8. The minimum absolute atomic E-state index is 0.317. The van der Waals surface area contributed by atoms with Crippen molar-refractivity contribution in [2.75, 3.05) is 7.11 Å². The van der Waals surface area contributed by atoms with Crippen LogP contribution >= 0.6 is 0 Å². The third kappa shape index (κ3) is 9.80. The molecule has 3 heterocycles. The van der Waals surface area contributed by atoms with Crippen LogP contribution in [0.4, 0.5) is 0 Å². The van der Waals surface area contributed by atoms with E-state index in [-0.39, 0.29) is 36.6 Å². The molecular weight excluding hydrogens is 628 g/mol. The van der Waals surface area contributed by atoms with E-state index in [0.717, 1.165) is 16.9 Å². The van der Waals surface area contributed by atoms with Crippen molar-refractivity contribution in [2.45, 2.75) is 127 Å². The van der Waals surface area contributed by atoms with Crippen LogP contribution in [0.5, 0.6) is 11.5 Å². The Morgan fingerprint density at radius 1 is 0.592 bits per heavy atom. The Bertz CT molecular complexity index is 1390. The summed E-state index contributed by atoms with van der Waals surface area (Å²) in [6.07, 6.45) is -2.61. The predicted molar refractivity (Wildman–Crippen MR) is 181 cm³/mol. The van der Waals surface area contributed by atoms with Gasteiger partial charge in [0, 0.05) is 19.3 Å². The number of aliphatic hydroxyl groups excluding tert-OH is 1. The summed E-state index contributed by atoms with van der Waals surface area (Å²) in [5.74, 6) is 1.43. The van der Waals surface area contributed by atoms with Gasteiger partial charge >= 0.3 is 0 Å². The van der Waals surface area contributed by atoms with Crippen molar-refractivity contribution < 1.29 is 47.7 Å². The molecule has 266 valence electrons. The van der Waals surface area contributed by atoms with Crippen LogP contribution in [0.1, 0.15) is 57.6 Å². The molecule has 0 aliphatic carbocycles. The number of aliphatic hydroxyl groups is 1. The lowest BCUT2D eigenvalue weighted by atomic mass is 9.99. The van der Waals surface area contributed by atoms with Gasteiger partial charge in [-0.05, 0) is 62.6 Å². The van der Waals surface area contributed by atoms with Gasteiger partial charge < -0.3 is 47.7 Å². The maximum absolute atomic E-state index is 10.2. The van der Waals surface area contributed by atoms with Crippen molar-refractivity contribution in [3.63, 3.8) is 0 Å². The van der Waals surface area contributed by atoms with Gasteiger partial charge in [-0.2, -0.15) is 0 Å². The van der Waals surface area contributed by atoms with E-state index in [9.17, 15) is 5.11 Å². The first-order valence-electron chi connectivity index (χ1n) is 17.4. The summed E-state index contributed by atoms with van der Waals surface area (Å²) in [5, 5.41) is 10.2. The van der Waals surface area contributed by atoms with Crippen molar-refractivity contribution in [1.82, 2.24) is 0 Å². The zero-order valence-electron chi connectivity index (χ0n) is 28.8. The van der Waals surface area contributed by atoms with Gasteiger partial charge in [0.25, 0.3) is 0 Å². The highest BCUT2D eigenvalue weighted by atomic mass is 16.7. The van der Waals surface area contributed by atoms with E-state index in [1.807, 2.05) is 106 Å². The Morgan fingerprint density at radius 2 is 1.16 bits per heavy atom. The number of ether oxygens (including phenoxy) is 9. The van der Waals surface area contributed by atoms with Crippen LogP contribution in [0.25, 0.3) is 0 Å². The molecule has 0 bridgehead atoms. The van der Waals surface area contributed by atoms with Gasteiger partial charge in [0.15, 0.2) is 12.6 Å². The van der Waals surface area contributed by atoms with Crippen molar-refractivity contribution in [3.8, 4) is 11.5 Å². The monoisotopic (exact) mass is 678 g/mol. The zero-order chi connectivity index (χ0) is 34.2. The molecule has 1 N–H and O–H groups in total. The van der Waals surface area contributed by atoms with Gasteiger partial charge in [0.05, 0.1) is 56.9 Å². The van der Waals surface area contributed by atoms with E-state index >= 15 is 0 Å².